The molecule has 22 heavy (non-hydrogen) atoms. The van der Waals surface area contributed by atoms with Gasteiger partial charge in [0.15, 0.2) is 0 Å². The molecule has 1 N–H and O–H groups in total. The lowest BCUT2D eigenvalue weighted by Crippen LogP contribution is -2.27. The first-order valence-corrected chi connectivity index (χ1v) is 7.92. The highest BCUT2D eigenvalue weighted by molar-refractivity contribution is 5.19. The summed E-state index contributed by atoms with van der Waals surface area (Å²) in [4.78, 5) is 2.24. The molecule has 2 aromatic rings. The first-order chi connectivity index (χ1) is 10.7. The molecule has 5 nitrogen and oxygen atoms in total. The van der Waals surface area contributed by atoms with Crippen molar-refractivity contribution >= 4 is 0 Å². The van der Waals surface area contributed by atoms with Crippen molar-refractivity contribution in [1.29, 1.82) is 0 Å². The second-order valence-electron chi connectivity index (χ2n) is 5.67. The van der Waals surface area contributed by atoms with E-state index in [-0.39, 0.29) is 12.6 Å². The first-order valence-electron chi connectivity index (χ1n) is 7.92. The van der Waals surface area contributed by atoms with Gasteiger partial charge < -0.3 is 9.67 Å². The van der Waals surface area contributed by atoms with E-state index in [4.69, 9.17) is 0 Å². The van der Waals surface area contributed by atoms with Crippen LogP contribution in [-0.4, -0.2) is 38.4 Å². The molecule has 1 heterocycles. The van der Waals surface area contributed by atoms with Crippen LogP contribution in [-0.2, 0) is 13.1 Å². The molecule has 0 fully saturated rings. The molecule has 0 radical (unpaired) electrons. The summed E-state index contributed by atoms with van der Waals surface area (Å²) < 4.78 is 2.18. The molecule has 0 spiro atoms. The standard InChI is InChI=1S/C17H26N4O/c1-4-11-21-14(2)18-19-17(21)13-20(3)16(10-12-22)15-8-6-5-7-9-15/h5-9,16,22H,4,10-13H2,1-3H3. The fourth-order valence-corrected chi connectivity index (χ4v) is 2.83. The molecule has 120 valence electrons. The van der Waals surface area contributed by atoms with Crippen molar-refractivity contribution in [3.63, 3.8) is 0 Å². The van der Waals surface area contributed by atoms with E-state index in [0.717, 1.165) is 31.2 Å². The van der Waals surface area contributed by atoms with Crippen molar-refractivity contribution in [2.45, 2.75) is 45.8 Å². The summed E-state index contributed by atoms with van der Waals surface area (Å²) in [5, 5.41) is 17.9. The molecule has 0 aliphatic carbocycles. The zero-order valence-electron chi connectivity index (χ0n) is 13.7. The van der Waals surface area contributed by atoms with Crippen LogP contribution in [0.5, 0.6) is 0 Å². The molecule has 2 rings (SSSR count). The van der Waals surface area contributed by atoms with Crippen LogP contribution in [0.2, 0.25) is 0 Å². The van der Waals surface area contributed by atoms with Gasteiger partial charge in [-0.25, -0.2) is 0 Å². The van der Waals surface area contributed by atoms with Crippen LogP contribution in [0.25, 0.3) is 0 Å². The summed E-state index contributed by atoms with van der Waals surface area (Å²) in [5.41, 5.74) is 1.22. The van der Waals surface area contributed by atoms with Crippen LogP contribution in [0.3, 0.4) is 0 Å². The Morgan fingerprint density at radius 2 is 1.95 bits per heavy atom. The van der Waals surface area contributed by atoms with E-state index in [1.165, 1.54) is 5.56 Å². The monoisotopic (exact) mass is 302 g/mol. The molecule has 1 aromatic carbocycles. The Morgan fingerprint density at radius 1 is 1.23 bits per heavy atom. The maximum absolute atomic E-state index is 9.40. The molecule has 1 unspecified atom stereocenters. The lowest BCUT2D eigenvalue weighted by molar-refractivity contribution is 0.175. The molecule has 0 aliphatic heterocycles. The van der Waals surface area contributed by atoms with Crippen LogP contribution >= 0.6 is 0 Å². The third kappa shape index (κ3) is 3.93. The van der Waals surface area contributed by atoms with Crippen LogP contribution < -0.4 is 0 Å². The Bertz CT molecular complexity index is 567. The Kier molecular flexibility index (Phi) is 6.10. The van der Waals surface area contributed by atoms with Crippen molar-refractivity contribution < 1.29 is 5.11 Å². The number of aryl methyl sites for hydroxylation is 1. The van der Waals surface area contributed by atoms with E-state index in [0.29, 0.717) is 6.42 Å². The lowest BCUT2D eigenvalue weighted by atomic mass is 10.0. The number of aliphatic hydroxyl groups excluding tert-OH is 1. The van der Waals surface area contributed by atoms with Crippen molar-refractivity contribution in [3.8, 4) is 0 Å². The van der Waals surface area contributed by atoms with Crippen LogP contribution in [0.4, 0.5) is 0 Å². The number of hydrogen-bond acceptors (Lipinski definition) is 4. The summed E-state index contributed by atoms with van der Waals surface area (Å²) in [5.74, 6) is 1.95. The van der Waals surface area contributed by atoms with E-state index in [1.807, 2.05) is 25.1 Å². The minimum atomic E-state index is 0.171. The highest BCUT2D eigenvalue weighted by Crippen LogP contribution is 2.24. The first kappa shape index (κ1) is 16.6. The number of rotatable bonds is 8. The maximum Gasteiger partial charge on any atom is 0.147 e. The summed E-state index contributed by atoms with van der Waals surface area (Å²) >= 11 is 0. The quantitative estimate of drug-likeness (QED) is 0.814. The smallest absolute Gasteiger partial charge is 0.147 e. The average Bonchev–Trinajstić information content (AvgIpc) is 2.87. The van der Waals surface area contributed by atoms with Crippen LogP contribution in [0, 0.1) is 6.92 Å². The van der Waals surface area contributed by atoms with Crippen LogP contribution in [0.1, 0.15) is 43.0 Å². The topological polar surface area (TPSA) is 54.2 Å². The van der Waals surface area contributed by atoms with Crippen molar-refractivity contribution in [2.75, 3.05) is 13.7 Å². The molecule has 0 aliphatic rings. The minimum Gasteiger partial charge on any atom is -0.396 e. The molecule has 1 atom stereocenters. The van der Waals surface area contributed by atoms with Gasteiger partial charge in [-0.3, -0.25) is 4.90 Å². The van der Waals surface area contributed by atoms with Gasteiger partial charge in [0, 0.05) is 19.2 Å². The van der Waals surface area contributed by atoms with Gasteiger partial charge in [0.25, 0.3) is 0 Å². The Morgan fingerprint density at radius 3 is 2.59 bits per heavy atom. The fourth-order valence-electron chi connectivity index (χ4n) is 2.83. The minimum absolute atomic E-state index is 0.171. The van der Waals surface area contributed by atoms with Crippen molar-refractivity contribution in [3.05, 3.63) is 47.5 Å². The van der Waals surface area contributed by atoms with E-state index >= 15 is 0 Å². The zero-order chi connectivity index (χ0) is 15.9. The second kappa shape index (κ2) is 8.06. The predicted molar refractivity (Wildman–Crippen MR) is 87.4 cm³/mol. The van der Waals surface area contributed by atoms with Gasteiger partial charge in [-0.1, -0.05) is 37.3 Å². The number of aliphatic hydroxyl groups is 1. The van der Waals surface area contributed by atoms with E-state index < -0.39 is 0 Å². The van der Waals surface area contributed by atoms with Gasteiger partial charge in [-0.2, -0.15) is 0 Å². The van der Waals surface area contributed by atoms with E-state index in [1.54, 1.807) is 0 Å². The largest absolute Gasteiger partial charge is 0.396 e. The van der Waals surface area contributed by atoms with Crippen LogP contribution in [0.15, 0.2) is 30.3 Å². The van der Waals surface area contributed by atoms with E-state index in [2.05, 4.69) is 45.8 Å². The average molecular weight is 302 g/mol. The Balaban J connectivity index is 2.16. The Labute approximate surface area is 132 Å². The van der Waals surface area contributed by atoms with Crippen molar-refractivity contribution in [2.24, 2.45) is 0 Å². The maximum atomic E-state index is 9.40. The SMILES string of the molecule is CCCn1c(C)nnc1CN(C)C(CCO)c1ccccc1. The lowest BCUT2D eigenvalue weighted by Gasteiger charge is -2.28. The molecule has 0 amide bonds. The Hall–Kier alpha value is -1.72. The molecule has 0 saturated carbocycles. The third-order valence-corrected chi connectivity index (χ3v) is 3.97. The summed E-state index contributed by atoms with van der Waals surface area (Å²) in [6, 6.07) is 10.5. The zero-order valence-corrected chi connectivity index (χ0v) is 13.7. The van der Waals surface area contributed by atoms with Crippen molar-refractivity contribution in [1.82, 2.24) is 19.7 Å². The molecule has 0 bridgehead atoms. The summed E-state index contributed by atoms with van der Waals surface area (Å²) in [7, 11) is 2.08. The molecular formula is C17H26N4O. The predicted octanol–water partition coefficient (Wildman–Crippen LogP) is 2.55. The highest BCUT2D eigenvalue weighted by Gasteiger charge is 2.19. The van der Waals surface area contributed by atoms with Gasteiger partial charge in [0.05, 0.1) is 6.54 Å². The fraction of sp³-hybridized carbons (Fsp3) is 0.529. The molecule has 1 aromatic heterocycles. The molecule has 0 saturated heterocycles. The number of hydrogen-bond donors (Lipinski definition) is 1. The van der Waals surface area contributed by atoms with Gasteiger partial charge >= 0.3 is 0 Å². The van der Waals surface area contributed by atoms with Gasteiger partial charge in [-0.05, 0) is 32.4 Å². The van der Waals surface area contributed by atoms with Gasteiger partial charge in [0.2, 0.25) is 0 Å². The number of nitrogens with zero attached hydrogens (tertiary/aromatic N) is 4. The van der Waals surface area contributed by atoms with E-state index in [9.17, 15) is 5.11 Å². The second-order valence-corrected chi connectivity index (χ2v) is 5.67. The summed E-state index contributed by atoms with van der Waals surface area (Å²) in [6.45, 7) is 5.99. The van der Waals surface area contributed by atoms with Gasteiger partial charge in [-0.15, -0.1) is 10.2 Å². The molecular weight excluding hydrogens is 276 g/mol. The summed E-state index contributed by atoms with van der Waals surface area (Å²) in [6.07, 6.45) is 1.77. The highest BCUT2D eigenvalue weighted by atomic mass is 16.3. The number of aromatic nitrogens is 3. The van der Waals surface area contributed by atoms with Gasteiger partial charge in [0.1, 0.15) is 11.6 Å². The normalized spacial score (nSPS) is 12.8. The third-order valence-electron chi connectivity index (χ3n) is 3.97. The molecule has 5 heteroatoms. The number of benzene rings is 1.